The van der Waals surface area contributed by atoms with Gasteiger partial charge >= 0.3 is 0 Å². The molecule has 24 heavy (non-hydrogen) atoms. The lowest BCUT2D eigenvalue weighted by Crippen LogP contribution is -2.20. The van der Waals surface area contributed by atoms with Crippen LogP contribution in [0.4, 0.5) is 14.5 Å². The fraction of sp³-hybridized carbons (Fsp3) is 0.118. The number of hydrogen-bond donors (Lipinski definition) is 2. The predicted octanol–water partition coefficient (Wildman–Crippen LogP) is 2.83. The van der Waals surface area contributed by atoms with Gasteiger partial charge in [0.2, 0.25) is 11.8 Å². The number of amides is 2. The molecule has 0 aromatic heterocycles. The molecular weight excluding hydrogens is 316 g/mol. The van der Waals surface area contributed by atoms with Gasteiger partial charge in [-0.15, -0.1) is 0 Å². The Morgan fingerprint density at radius 3 is 2.04 bits per heavy atom. The van der Waals surface area contributed by atoms with E-state index in [1.807, 2.05) is 0 Å². The molecular formula is C17H15F2N3O2. The van der Waals surface area contributed by atoms with Crippen LogP contribution in [0.15, 0.2) is 53.6 Å². The minimum Gasteiger partial charge on any atom is -0.326 e. The highest BCUT2D eigenvalue weighted by atomic mass is 19.1. The topological polar surface area (TPSA) is 70.6 Å². The molecule has 0 spiro atoms. The summed E-state index contributed by atoms with van der Waals surface area (Å²) in [6.45, 7) is 0. The van der Waals surface area contributed by atoms with Gasteiger partial charge in [0.1, 0.15) is 11.6 Å². The molecule has 0 fully saturated rings. The van der Waals surface area contributed by atoms with Gasteiger partial charge in [0.25, 0.3) is 0 Å². The van der Waals surface area contributed by atoms with Crippen LogP contribution in [-0.2, 0) is 9.59 Å². The van der Waals surface area contributed by atoms with Gasteiger partial charge in [0, 0.05) is 18.5 Å². The standard InChI is InChI=1S/C17H15F2N3O2/c18-13-3-1-12(2-4-13)11-20-22-17(24)10-9-16(23)21-15-7-5-14(19)6-8-15/h1-8,11H,9-10H2,(H,21,23)(H,22,24)/b20-11-. The van der Waals surface area contributed by atoms with Gasteiger partial charge in [-0.3, -0.25) is 9.59 Å². The summed E-state index contributed by atoms with van der Waals surface area (Å²) in [5, 5.41) is 6.27. The van der Waals surface area contributed by atoms with Crippen LogP contribution in [0.25, 0.3) is 0 Å². The summed E-state index contributed by atoms with van der Waals surface area (Å²) in [6, 6.07) is 10.9. The number of hydrazone groups is 1. The number of halogens is 2. The number of rotatable bonds is 6. The number of hydrogen-bond acceptors (Lipinski definition) is 3. The lowest BCUT2D eigenvalue weighted by Gasteiger charge is -2.04. The first-order valence-corrected chi connectivity index (χ1v) is 7.16. The molecule has 0 aliphatic rings. The first-order chi connectivity index (χ1) is 11.5. The van der Waals surface area contributed by atoms with Crippen molar-refractivity contribution >= 4 is 23.7 Å². The maximum Gasteiger partial charge on any atom is 0.240 e. The van der Waals surface area contributed by atoms with Crippen molar-refractivity contribution in [2.45, 2.75) is 12.8 Å². The zero-order valence-electron chi connectivity index (χ0n) is 12.6. The van der Waals surface area contributed by atoms with Crippen LogP contribution in [0.3, 0.4) is 0 Å². The molecule has 0 atom stereocenters. The molecule has 0 aliphatic carbocycles. The average molecular weight is 331 g/mol. The Balaban J connectivity index is 1.71. The number of carbonyl (C=O) groups is 2. The third kappa shape index (κ3) is 5.96. The van der Waals surface area contributed by atoms with E-state index in [2.05, 4.69) is 15.8 Å². The Hall–Kier alpha value is -3.09. The van der Waals surface area contributed by atoms with Crippen molar-refractivity contribution in [2.24, 2.45) is 5.10 Å². The minimum atomic E-state index is -0.428. The van der Waals surface area contributed by atoms with Crippen molar-refractivity contribution in [3.8, 4) is 0 Å². The lowest BCUT2D eigenvalue weighted by molar-refractivity contribution is -0.124. The van der Waals surface area contributed by atoms with E-state index < -0.39 is 11.7 Å². The van der Waals surface area contributed by atoms with Crippen LogP contribution in [0, 0.1) is 11.6 Å². The van der Waals surface area contributed by atoms with Crippen molar-refractivity contribution < 1.29 is 18.4 Å². The Kier molecular flexibility index (Phi) is 6.13. The quantitative estimate of drug-likeness (QED) is 0.631. The summed E-state index contributed by atoms with van der Waals surface area (Å²) < 4.78 is 25.5. The first kappa shape index (κ1) is 17.3. The van der Waals surface area contributed by atoms with Crippen LogP contribution >= 0.6 is 0 Å². The van der Waals surface area contributed by atoms with E-state index in [0.717, 1.165) is 0 Å². The summed E-state index contributed by atoms with van der Waals surface area (Å²) in [5.41, 5.74) is 3.36. The maximum absolute atomic E-state index is 12.7. The normalized spacial score (nSPS) is 10.6. The van der Waals surface area contributed by atoms with E-state index >= 15 is 0 Å². The SMILES string of the molecule is O=C(CCC(=O)Nc1ccc(F)cc1)N/N=C\c1ccc(F)cc1. The molecule has 7 heteroatoms. The monoisotopic (exact) mass is 331 g/mol. The molecule has 2 amide bonds. The number of carbonyl (C=O) groups excluding carboxylic acids is 2. The summed E-state index contributed by atoms with van der Waals surface area (Å²) in [7, 11) is 0. The highest BCUT2D eigenvalue weighted by Crippen LogP contribution is 2.08. The second kappa shape index (κ2) is 8.52. The number of benzene rings is 2. The molecule has 0 saturated carbocycles. The molecule has 0 heterocycles. The van der Waals surface area contributed by atoms with Crippen LogP contribution in [-0.4, -0.2) is 18.0 Å². The van der Waals surface area contributed by atoms with Crippen molar-refractivity contribution in [2.75, 3.05) is 5.32 Å². The Morgan fingerprint density at radius 1 is 0.875 bits per heavy atom. The third-order valence-electron chi connectivity index (χ3n) is 2.98. The van der Waals surface area contributed by atoms with E-state index in [0.29, 0.717) is 11.3 Å². The molecule has 2 aromatic rings. The zero-order valence-corrected chi connectivity index (χ0v) is 12.6. The van der Waals surface area contributed by atoms with Gasteiger partial charge in [-0.2, -0.15) is 5.10 Å². The minimum absolute atomic E-state index is 0.0325. The number of nitrogens with one attached hydrogen (secondary N) is 2. The molecule has 2 rings (SSSR count). The third-order valence-corrected chi connectivity index (χ3v) is 2.98. The second-order valence-electron chi connectivity index (χ2n) is 4.90. The molecule has 0 radical (unpaired) electrons. The van der Waals surface area contributed by atoms with Gasteiger partial charge in [-0.25, -0.2) is 14.2 Å². The van der Waals surface area contributed by atoms with E-state index in [-0.39, 0.29) is 24.6 Å². The fourth-order valence-electron chi connectivity index (χ4n) is 1.77. The lowest BCUT2D eigenvalue weighted by atomic mass is 10.2. The first-order valence-electron chi connectivity index (χ1n) is 7.16. The van der Waals surface area contributed by atoms with E-state index in [9.17, 15) is 18.4 Å². The van der Waals surface area contributed by atoms with Gasteiger partial charge in [-0.1, -0.05) is 12.1 Å². The van der Waals surface area contributed by atoms with Crippen molar-refractivity contribution in [3.63, 3.8) is 0 Å². The number of nitrogens with zero attached hydrogens (tertiary/aromatic N) is 1. The van der Waals surface area contributed by atoms with Crippen molar-refractivity contribution in [1.29, 1.82) is 0 Å². The molecule has 2 N–H and O–H groups in total. The molecule has 0 aliphatic heterocycles. The maximum atomic E-state index is 12.7. The molecule has 0 bridgehead atoms. The predicted molar refractivity (Wildman–Crippen MR) is 86.4 cm³/mol. The van der Waals surface area contributed by atoms with Gasteiger partial charge in [-0.05, 0) is 42.0 Å². The summed E-state index contributed by atoms with van der Waals surface area (Å²) in [4.78, 5) is 23.2. The van der Waals surface area contributed by atoms with E-state index in [1.54, 1.807) is 0 Å². The molecule has 124 valence electrons. The highest BCUT2D eigenvalue weighted by Gasteiger charge is 2.06. The highest BCUT2D eigenvalue weighted by molar-refractivity contribution is 5.93. The van der Waals surface area contributed by atoms with Gasteiger partial charge < -0.3 is 5.32 Å². The summed E-state index contributed by atoms with van der Waals surface area (Å²) in [6.07, 6.45) is 1.29. The smallest absolute Gasteiger partial charge is 0.240 e. The van der Waals surface area contributed by atoms with E-state index in [4.69, 9.17) is 0 Å². The van der Waals surface area contributed by atoms with Crippen molar-refractivity contribution in [1.82, 2.24) is 5.43 Å². The Morgan fingerprint density at radius 2 is 1.42 bits per heavy atom. The van der Waals surface area contributed by atoms with Crippen LogP contribution in [0.1, 0.15) is 18.4 Å². The average Bonchev–Trinajstić information content (AvgIpc) is 2.57. The van der Waals surface area contributed by atoms with Crippen LogP contribution in [0.2, 0.25) is 0 Å². The summed E-state index contributed by atoms with van der Waals surface area (Å²) >= 11 is 0. The fourth-order valence-corrected chi connectivity index (χ4v) is 1.77. The van der Waals surface area contributed by atoms with Crippen LogP contribution < -0.4 is 10.7 Å². The second-order valence-corrected chi connectivity index (χ2v) is 4.90. The Bertz CT molecular complexity index is 729. The number of anilines is 1. The van der Waals surface area contributed by atoms with Crippen LogP contribution in [0.5, 0.6) is 0 Å². The molecule has 2 aromatic carbocycles. The van der Waals surface area contributed by atoms with Gasteiger partial charge in [0.15, 0.2) is 0 Å². The molecule has 0 unspecified atom stereocenters. The van der Waals surface area contributed by atoms with Gasteiger partial charge in [0.05, 0.1) is 6.21 Å². The molecule has 0 saturated heterocycles. The van der Waals surface area contributed by atoms with E-state index in [1.165, 1.54) is 54.7 Å². The zero-order chi connectivity index (χ0) is 17.4. The summed E-state index contributed by atoms with van der Waals surface area (Å²) in [5.74, 6) is -1.54. The Labute approximate surface area is 137 Å². The molecule has 5 nitrogen and oxygen atoms in total. The van der Waals surface area contributed by atoms with Crippen molar-refractivity contribution in [3.05, 3.63) is 65.7 Å². The largest absolute Gasteiger partial charge is 0.326 e.